The largest absolute Gasteiger partial charge is 0.455 e. The van der Waals surface area contributed by atoms with Crippen LogP contribution in [0.1, 0.15) is 60.2 Å². The SMILES string of the molecule is COCC(=O)N1CCO[C@@H](CNc2ccc(S(=O)(=O)CC(=O)c3ccc(N4CCN(CC5=C(c6ccc(C(F)(F)F)cc6C)CC(C)(C)CC5)CC4)cc3Oc3cnc4[nH]ccc4c3)cc2[N+](=O)[O-])C1. The van der Waals surface area contributed by atoms with Crippen LogP contribution >= 0.6 is 0 Å². The first-order valence-corrected chi connectivity index (χ1v) is 24.7. The van der Waals surface area contributed by atoms with Crippen LogP contribution in [-0.4, -0.2) is 129 Å². The zero-order chi connectivity index (χ0) is 50.0. The number of benzene rings is 3. The van der Waals surface area contributed by atoms with Gasteiger partial charge in [-0.15, -0.1) is 0 Å². The van der Waals surface area contributed by atoms with E-state index in [9.17, 15) is 41.3 Å². The van der Waals surface area contributed by atoms with E-state index < -0.39 is 54.7 Å². The molecule has 2 saturated heterocycles. The van der Waals surface area contributed by atoms with Gasteiger partial charge in [0.05, 0.1) is 39.9 Å². The molecule has 3 aromatic carbocycles. The lowest BCUT2D eigenvalue weighted by Gasteiger charge is -2.39. The number of sulfone groups is 1. The Labute approximate surface area is 403 Å². The smallest absolute Gasteiger partial charge is 0.416 e. The number of piperazine rings is 1. The van der Waals surface area contributed by atoms with Gasteiger partial charge in [0.15, 0.2) is 15.6 Å². The van der Waals surface area contributed by atoms with Gasteiger partial charge in [-0.25, -0.2) is 13.4 Å². The number of nitro groups is 1. The maximum Gasteiger partial charge on any atom is 0.416 e. The summed E-state index contributed by atoms with van der Waals surface area (Å²) < 4.78 is 85.5. The van der Waals surface area contributed by atoms with Crippen molar-refractivity contribution in [1.29, 1.82) is 0 Å². The zero-order valence-corrected chi connectivity index (χ0v) is 40.3. The van der Waals surface area contributed by atoms with Crippen molar-refractivity contribution in [2.75, 3.05) is 88.7 Å². The highest BCUT2D eigenvalue weighted by atomic mass is 32.2. The lowest BCUT2D eigenvalue weighted by Crippen LogP contribution is -2.48. The van der Waals surface area contributed by atoms with Crippen molar-refractivity contribution in [3.8, 4) is 11.5 Å². The Morgan fingerprint density at radius 1 is 1.03 bits per heavy atom. The van der Waals surface area contributed by atoms with Crippen molar-refractivity contribution in [1.82, 2.24) is 19.8 Å². The van der Waals surface area contributed by atoms with Crippen LogP contribution in [0, 0.1) is 22.5 Å². The second-order valence-electron chi connectivity index (χ2n) is 18.8. The number of halogens is 3. The number of Topliss-reactive ketones (excluding diaryl/α,β-unsaturated/α-hetero) is 1. The van der Waals surface area contributed by atoms with Crippen molar-refractivity contribution in [2.24, 2.45) is 5.41 Å². The Kier molecular flexibility index (Phi) is 14.7. The number of nitrogens with zero attached hydrogens (tertiary/aromatic N) is 5. The molecule has 2 aromatic heterocycles. The third-order valence-electron chi connectivity index (χ3n) is 13.2. The fraction of sp³-hybridized carbons (Fsp3) is 0.420. The number of amides is 1. The molecule has 1 aliphatic carbocycles. The Bertz CT molecular complexity index is 2930. The summed E-state index contributed by atoms with van der Waals surface area (Å²) in [6.07, 6.45) is 0.867. The molecular formula is C50H56F3N7O9S. The van der Waals surface area contributed by atoms with E-state index in [1.807, 2.05) is 6.07 Å². The molecule has 0 unspecified atom stereocenters. The standard InChI is InChI=1S/C50H56F3N7O9S/c1-32-21-35(50(51,52)53)5-8-40(32)42-25-49(2,3)13-11-34(42)28-57-15-17-58(18-16-57)36-6-9-41(46(23-36)69-37-22-33-12-14-54-48(33)56-26-37)45(61)31-70(65,66)39-7-10-43(44(24-39)60(63)64)55-27-38-29-59(19-20-68-38)47(62)30-67-4/h5-10,12,14,21-24,26,38,55H,11,13,15-20,25,27-31H2,1-4H3,(H,54,56)/t38-/m0/s1. The first-order chi connectivity index (χ1) is 33.3. The summed E-state index contributed by atoms with van der Waals surface area (Å²) in [6, 6.07) is 15.9. The number of H-pyrrole nitrogens is 1. The van der Waals surface area contributed by atoms with Crippen molar-refractivity contribution in [3.05, 3.63) is 117 Å². The van der Waals surface area contributed by atoms with Crippen molar-refractivity contribution < 1.29 is 50.3 Å². The maximum atomic E-state index is 14.1. The quantitative estimate of drug-likeness (QED) is 0.0546. The molecule has 2 fully saturated rings. The van der Waals surface area contributed by atoms with E-state index in [0.717, 1.165) is 47.5 Å². The minimum Gasteiger partial charge on any atom is -0.455 e. The fourth-order valence-electron chi connectivity index (χ4n) is 9.38. The lowest BCUT2D eigenvalue weighted by molar-refractivity contribution is -0.384. The van der Waals surface area contributed by atoms with E-state index in [-0.39, 0.29) is 54.6 Å². The van der Waals surface area contributed by atoms with Gasteiger partial charge in [0.2, 0.25) is 5.91 Å². The zero-order valence-electron chi connectivity index (χ0n) is 39.4. The summed E-state index contributed by atoms with van der Waals surface area (Å²) in [7, 11) is -3.02. The summed E-state index contributed by atoms with van der Waals surface area (Å²) in [4.78, 5) is 51.1. The Balaban J connectivity index is 0.988. The van der Waals surface area contributed by atoms with Crippen LogP contribution in [0.15, 0.2) is 89.6 Å². The van der Waals surface area contributed by atoms with E-state index in [1.54, 1.807) is 42.3 Å². The molecule has 20 heteroatoms. The van der Waals surface area contributed by atoms with Crippen LogP contribution in [0.25, 0.3) is 16.6 Å². The van der Waals surface area contributed by atoms with Gasteiger partial charge in [-0.3, -0.25) is 24.6 Å². The molecule has 0 spiro atoms. The van der Waals surface area contributed by atoms with Crippen LogP contribution in [-0.2, 0) is 30.3 Å². The third-order valence-corrected chi connectivity index (χ3v) is 14.8. The summed E-state index contributed by atoms with van der Waals surface area (Å²) >= 11 is 0. The van der Waals surface area contributed by atoms with Gasteiger partial charge < -0.3 is 34.3 Å². The number of fused-ring (bicyclic) bond motifs is 1. The van der Waals surface area contributed by atoms with Gasteiger partial charge in [-0.1, -0.05) is 25.5 Å². The monoisotopic (exact) mass is 987 g/mol. The number of anilines is 2. The first kappa shape index (κ1) is 50.1. The lowest BCUT2D eigenvalue weighted by atomic mass is 9.72. The summed E-state index contributed by atoms with van der Waals surface area (Å²) in [5, 5.41) is 15.9. The molecular weight excluding hydrogens is 932 g/mol. The minimum atomic E-state index is -4.44. The molecule has 0 bridgehead atoms. The van der Waals surface area contributed by atoms with Crippen molar-refractivity contribution >= 4 is 55.2 Å². The van der Waals surface area contributed by atoms with Gasteiger partial charge in [-0.2, -0.15) is 13.2 Å². The molecule has 2 N–H and O–H groups in total. The number of carbonyl (C=O) groups excluding carboxylic acids is 2. The molecule has 5 aromatic rings. The predicted octanol–water partition coefficient (Wildman–Crippen LogP) is 8.32. The highest BCUT2D eigenvalue weighted by Crippen LogP contribution is 2.45. The molecule has 8 rings (SSSR count). The topological polar surface area (TPSA) is 190 Å². The molecule has 16 nitrogen and oxygen atoms in total. The van der Waals surface area contributed by atoms with E-state index in [2.05, 4.69) is 38.9 Å². The second-order valence-corrected chi connectivity index (χ2v) is 20.8. The van der Waals surface area contributed by atoms with Crippen molar-refractivity contribution in [2.45, 2.75) is 57.2 Å². The third kappa shape index (κ3) is 11.6. The number of hydrogen-bond acceptors (Lipinski definition) is 13. The fourth-order valence-corrected chi connectivity index (χ4v) is 10.6. The number of carbonyl (C=O) groups is 2. The highest BCUT2D eigenvalue weighted by molar-refractivity contribution is 7.92. The van der Waals surface area contributed by atoms with E-state index in [0.29, 0.717) is 56.2 Å². The summed E-state index contributed by atoms with van der Waals surface area (Å²) in [5.74, 6) is -1.62. The predicted molar refractivity (Wildman–Crippen MR) is 258 cm³/mol. The van der Waals surface area contributed by atoms with Crippen molar-refractivity contribution in [3.63, 3.8) is 0 Å². The molecule has 1 amide bonds. The number of morpholine rings is 1. The molecule has 70 heavy (non-hydrogen) atoms. The van der Waals surface area contributed by atoms with E-state index >= 15 is 0 Å². The average molecular weight is 988 g/mol. The second kappa shape index (κ2) is 20.5. The average Bonchev–Trinajstić information content (AvgIpc) is 3.79. The van der Waals surface area contributed by atoms with Crippen LogP contribution in [0.2, 0.25) is 0 Å². The number of rotatable bonds is 16. The number of ether oxygens (including phenoxy) is 3. The number of aryl methyl sites for hydroxylation is 1. The van der Waals surface area contributed by atoms with E-state index in [4.69, 9.17) is 14.2 Å². The van der Waals surface area contributed by atoms with Crippen LogP contribution in [0.3, 0.4) is 0 Å². The normalized spacial score (nSPS) is 18.0. The first-order valence-electron chi connectivity index (χ1n) is 23.0. The Morgan fingerprint density at radius 3 is 2.54 bits per heavy atom. The number of pyridine rings is 1. The highest BCUT2D eigenvalue weighted by Gasteiger charge is 2.34. The number of ketones is 1. The molecule has 0 saturated carbocycles. The van der Waals surface area contributed by atoms with Crippen LogP contribution in [0.5, 0.6) is 11.5 Å². The minimum absolute atomic E-state index is 0.00215. The molecule has 3 aliphatic rings. The number of alkyl halides is 3. The number of nitro benzene ring substituents is 1. The molecule has 372 valence electrons. The molecule has 2 aliphatic heterocycles. The van der Waals surface area contributed by atoms with Gasteiger partial charge >= 0.3 is 6.18 Å². The number of nitrogens with one attached hydrogen (secondary N) is 2. The van der Waals surface area contributed by atoms with Crippen LogP contribution in [0.4, 0.5) is 30.2 Å². The van der Waals surface area contributed by atoms with E-state index in [1.165, 1.54) is 49.2 Å². The maximum absolute atomic E-state index is 14.1. The number of aromatic amines is 1. The molecule has 4 heterocycles. The number of aromatic nitrogens is 2. The number of hydrogen-bond donors (Lipinski definition) is 2. The van der Waals surface area contributed by atoms with Gasteiger partial charge in [0, 0.05) is 88.9 Å². The Morgan fingerprint density at radius 2 is 1.81 bits per heavy atom. The summed E-state index contributed by atoms with van der Waals surface area (Å²) in [6.45, 7) is 10.3. The van der Waals surface area contributed by atoms with Gasteiger partial charge in [0.1, 0.15) is 35.2 Å². The molecule has 1 atom stereocenters. The van der Waals surface area contributed by atoms with Crippen LogP contribution < -0.4 is 15.0 Å². The molecule has 0 radical (unpaired) electrons. The van der Waals surface area contributed by atoms with Gasteiger partial charge in [0.25, 0.3) is 5.69 Å². The van der Waals surface area contributed by atoms with Gasteiger partial charge in [-0.05, 0) is 96.8 Å². The summed E-state index contributed by atoms with van der Waals surface area (Å²) in [5.41, 5.74) is 4.00. The number of methoxy groups -OCH3 is 1. The number of allylic oxidation sites excluding steroid dienone is 1. The Hall–Kier alpha value is -6.35.